The molecule has 6 heteroatoms. The lowest BCUT2D eigenvalue weighted by Gasteiger charge is -2.08. The van der Waals surface area contributed by atoms with Gasteiger partial charge in [-0.15, -0.1) is 10.2 Å². The number of ether oxygens (including phenoxy) is 1. The van der Waals surface area contributed by atoms with Gasteiger partial charge >= 0.3 is 0 Å². The Hall–Kier alpha value is -2.78. The summed E-state index contributed by atoms with van der Waals surface area (Å²) in [6.45, 7) is 0. The average molecular weight is 322 g/mol. The minimum absolute atomic E-state index is 0.659. The third kappa shape index (κ3) is 3.35. The first-order chi connectivity index (χ1) is 11.3. The van der Waals surface area contributed by atoms with E-state index in [1.54, 1.807) is 25.2 Å². The highest BCUT2D eigenvalue weighted by atomic mass is 32.2. The maximum Gasteiger partial charge on any atom is 0.195 e. The molecule has 0 amide bonds. The molecule has 0 saturated carbocycles. The van der Waals surface area contributed by atoms with Crippen LogP contribution in [0.3, 0.4) is 0 Å². The van der Waals surface area contributed by atoms with Crippen LogP contribution in [0.25, 0.3) is 5.69 Å². The predicted octanol–water partition coefficient (Wildman–Crippen LogP) is 3.44. The molecule has 0 aliphatic heterocycles. The van der Waals surface area contributed by atoms with Gasteiger partial charge in [0.25, 0.3) is 0 Å². The minimum Gasteiger partial charge on any atom is -0.497 e. The Morgan fingerprint density at radius 1 is 1.22 bits per heavy atom. The van der Waals surface area contributed by atoms with E-state index in [-0.39, 0.29) is 0 Å². The highest BCUT2D eigenvalue weighted by molar-refractivity contribution is 7.98. The second-order valence-corrected chi connectivity index (χ2v) is 5.69. The Bertz CT molecular complexity index is 854. The lowest BCUT2D eigenvalue weighted by molar-refractivity contribution is 0.414. The monoisotopic (exact) mass is 322 g/mol. The van der Waals surface area contributed by atoms with Crippen LogP contribution in [0.4, 0.5) is 0 Å². The molecule has 0 atom stereocenters. The van der Waals surface area contributed by atoms with Crippen LogP contribution in [0, 0.1) is 11.3 Å². The third-order valence-corrected chi connectivity index (χ3v) is 4.33. The molecule has 0 bridgehead atoms. The van der Waals surface area contributed by atoms with Crippen molar-refractivity contribution in [2.45, 2.75) is 10.9 Å². The molecule has 0 saturated heterocycles. The summed E-state index contributed by atoms with van der Waals surface area (Å²) in [6.07, 6.45) is 1.67. The fourth-order valence-corrected chi connectivity index (χ4v) is 3.09. The number of nitriles is 1. The van der Waals surface area contributed by atoms with E-state index in [1.165, 1.54) is 0 Å². The number of aromatic nitrogens is 3. The van der Waals surface area contributed by atoms with Gasteiger partial charge in [-0.2, -0.15) is 5.26 Å². The maximum atomic E-state index is 9.16. The number of thioether (sulfide) groups is 1. The minimum atomic E-state index is 0.659. The van der Waals surface area contributed by atoms with Crippen molar-refractivity contribution >= 4 is 11.8 Å². The number of nitrogens with zero attached hydrogens (tertiary/aromatic N) is 4. The van der Waals surface area contributed by atoms with Crippen molar-refractivity contribution in [1.82, 2.24) is 14.8 Å². The molecule has 5 nitrogen and oxygen atoms in total. The predicted molar refractivity (Wildman–Crippen MR) is 88.6 cm³/mol. The third-order valence-electron chi connectivity index (χ3n) is 3.34. The van der Waals surface area contributed by atoms with Crippen LogP contribution >= 0.6 is 11.8 Å². The van der Waals surface area contributed by atoms with Gasteiger partial charge in [0, 0.05) is 11.8 Å². The second kappa shape index (κ2) is 6.99. The fourth-order valence-electron chi connectivity index (χ4n) is 2.16. The van der Waals surface area contributed by atoms with Gasteiger partial charge in [-0.1, -0.05) is 36.0 Å². The van der Waals surface area contributed by atoms with Crippen LogP contribution in [-0.4, -0.2) is 21.9 Å². The number of benzene rings is 2. The highest BCUT2D eigenvalue weighted by Gasteiger charge is 2.09. The summed E-state index contributed by atoms with van der Waals surface area (Å²) < 4.78 is 7.16. The van der Waals surface area contributed by atoms with Crippen LogP contribution < -0.4 is 4.74 Å². The van der Waals surface area contributed by atoms with Gasteiger partial charge in [0.2, 0.25) is 0 Å². The largest absolute Gasteiger partial charge is 0.497 e. The van der Waals surface area contributed by atoms with Crippen LogP contribution in [0.2, 0.25) is 0 Å². The van der Waals surface area contributed by atoms with E-state index in [9.17, 15) is 0 Å². The van der Waals surface area contributed by atoms with Gasteiger partial charge in [0.15, 0.2) is 5.16 Å². The van der Waals surface area contributed by atoms with Gasteiger partial charge < -0.3 is 4.74 Å². The van der Waals surface area contributed by atoms with Crippen molar-refractivity contribution in [3.63, 3.8) is 0 Å². The van der Waals surface area contributed by atoms with E-state index in [2.05, 4.69) is 16.3 Å². The average Bonchev–Trinajstić information content (AvgIpc) is 3.08. The lowest BCUT2D eigenvalue weighted by atomic mass is 10.1. The van der Waals surface area contributed by atoms with Crippen LogP contribution in [-0.2, 0) is 5.75 Å². The van der Waals surface area contributed by atoms with Crippen molar-refractivity contribution in [1.29, 1.82) is 5.26 Å². The van der Waals surface area contributed by atoms with Crippen LogP contribution in [0.5, 0.6) is 5.75 Å². The van der Waals surface area contributed by atoms with Gasteiger partial charge in [-0.05, 0) is 23.8 Å². The van der Waals surface area contributed by atoms with Gasteiger partial charge in [0.1, 0.15) is 12.1 Å². The first-order valence-corrected chi connectivity index (χ1v) is 7.95. The first kappa shape index (κ1) is 15.1. The standard InChI is InChI=1S/C17H14N4OS/c1-22-16-8-4-7-15(9-16)21-12-19-20-17(21)23-11-14-6-3-2-5-13(14)10-18/h2-9,12H,11H2,1H3. The van der Waals surface area contributed by atoms with Crippen molar-refractivity contribution < 1.29 is 4.74 Å². The normalized spacial score (nSPS) is 10.3. The summed E-state index contributed by atoms with van der Waals surface area (Å²) in [5.41, 5.74) is 2.61. The Kier molecular flexibility index (Phi) is 4.60. The van der Waals surface area contributed by atoms with E-state index in [1.807, 2.05) is 53.1 Å². The Balaban J connectivity index is 1.83. The molecule has 2 aromatic carbocycles. The molecule has 114 valence electrons. The zero-order valence-electron chi connectivity index (χ0n) is 12.5. The quantitative estimate of drug-likeness (QED) is 0.673. The Labute approximate surface area is 138 Å². The fraction of sp³-hybridized carbons (Fsp3) is 0.118. The second-order valence-electron chi connectivity index (χ2n) is 4.74. The molecule has 0 spiro atoms. The SMILES string of the molecule is COc1cccc(-n2cnnc2SCc2ccccc2C#N)c1. The molecule has 0 N–H and O–H groups in total. The molecule has 0 aliphatic rings. The van der Waals surface area contributed by atoms with E-state index >= 15 is 0 Å². The molecule has 1 aromatic heterocycles. The molecule has 0 fully saturated rings. The van der Waals surface area contributed by atoms with Gasteiger partial charge in [-0.25, -0.2) is 0 Å². The topological polar surface area (TPSA) is 63.7 Å². The van der Waals surface area contributed by atoms with Crippen molar-refractivity contribution in [2.24, 2.45) is 0 Å². The molecule has 0 unspecified atom stereocenters. The van der Waals surface area contributed by atoms with Gasteiger partial charge in [-0.3, -0.25) is 4.57 Å². The zero-order valence-corrected chi connectivity index (χ0v) is 13.3. The van der Waals surface area contributed by atoms with Crippen LogP contribution in [0.1, 0.15) is 11.1 Å². The maximum absolute atomic E-state index is 9.16. The number of hydrogen-bond donors (Lipinski definition) is 0. The lowest BCUT2D eigenvalue weighted by Crippen LogP contribution is -1.96. The Morgan fingerprint density at radius 2 is 2.09 bits per heavy atom. The van der Waals surface area contributed by atoms with Crippen molar-refractivity contribution in [2.75, 3.05) is 7.11 Å². The molecule has 3 aromatic rings. The summed E-state index contributed by atoms with van der Waals surface area (Å²) in [5, 5.41) is 18.1. The zero-order chi connectivity index (χ0) is 16.1. The smallest absolute Gasteiger partial charge is 0.195 e. The van der Waals surface area contributed by atoms with Crippen molar-refractivity contribution in [3.05, 3.63) is 66.0 Å². The summed E-state index contributed by atoms with van der Waals surface area (Å²) in [7, 11) is 1.64. The highest BCUT2D eigenvalue weighted by Crippen LogP contribution is 2.26. The van der Waals surface area contributed by atoms with E-state index < -0.39 is 0 Å². The van der Waals surface area contributed by atoms with E-state index in [0.717, 1.165) is 22.2 Å². The van der Waals surface area contributed by atoms with Crippen molar-refractivity contribution in [3.8, 4) is 17.5 Å². The van der Waals surface area contributed by atoms with Gasteiger partial charge in [0.05, 0.1) is 24.4 Å². The molecule has 1 heterocycles. The van der Waals surface area contributed by atoms with E-state index in [4.69, 9.17) is 10.00 Å². The number of hydrogen-bond acceptors (Lipinski definition) is 5. The van der Waals surface area contributed by atoms with E-state index in [0.29, 0.717) is 11.3 Å². The number of rotatable bonds is 5. The molecule has 23 heavy (non-hydrogen) atoms. The molecular weight excluding hydrogens is 308 g/mol. The number of methoxy groups -OCH3 is 1. The summed E-state index contributed by atoms with van der Waals surface area (Å²) in [6, 6.07) is 17.5. The summed E-state index contributed by atoms with van der Waals surface area (Å²) >= 11 is 1.54. The summed E-state index contributed by atoms with van der Waals surface area (Å²) in [5.74, 6) is 1.44. The molecule has 0 radical (unpaired) electrons. The molecule has 0 aliphatic carbocycles. The molecule has 3 rings (SSSR count). The Morgan fingerprint density at radius 3 is 2.91 bits per heavy atom. The molecular formula is C17H14N4OS. The summed E-state index contributed by atoms with van der Waals surface area (Å²) in [4.78, 5) is 0. The first-order valence-electron chi connectivity index (χ1n) is 6.97. The van der Waals surface area contributed by atoms with Crippen LogP contribution in [0.15, 0.2) is 60.0 Å².